The van der Waals surface area contributed by atoms with Crippen molar-refractivity contribution in [2.75, 3.05) is 13.1 Å². The van der Waals surface area contributed by atoms with Crippen molar-refractivity contribution in [2.24, 2.45) is 5.92 Å². The Hall–Kier alpha value is -0.570. The largest absolute Gasteiger partial charge is 0.480 e. The van der Waals surface area contributed by atoms with E-state index in [9.17, 15) is 9.90 Å². The van der Waals surface area contributed by atoms with Gasteiger partial charge in [-0.05, 0) is 31.8 Å². The van der Waals surface area contributed by atoms with E-state index in [1.807, 2.05) is 0 Å². The summed E-state index contributed by atoms with van der Waals surface area (Å²) < 4.78 is 0. The Morgan fingerprint density at radius 3 is 2.14 bits per heavy atom. The predicted octanol–water partition coefficient (Wildman–Crippen LogP) is 1.97. The number of rotatable bonds is 5. The second kappa shape index (κ2) is 5.35. The number of hydrogen-bond donors (Lipinski definition) is 1. The molecule has 3 heteroatoms. The van der Waals surface area contributed by atoms with Crippen LogP contribution in [0.2, 0.25) is 0 Å². The number of carbonyl (C=O) groups is 1. The van der Waals surface area contributed by atoms with Crippen molar-refractivity contribution in [2.45, 2.75) is 45.6 Å². The topological polar surface area (TPSA) is 40.5 Å². The Morgan fingerprint density at radius 1 is 1.29 bits per heavy atom. The van der Waals surface area contributed by atoms with Gasteiger partial charge in [-0.1, -0.05) is 26.7 Å². The first-order valence-electron chi connectivity index (χ1n) is 5.67. The van der Waals surface area contributed by atoms with E-state index in [1.54, 1.807) is 0 Å². The van der Waals surface area contributed by atoms with Crippen molar-refractivity contribution < 1.29 is 9.90 Å². The van der Waals surface area contributed by atoms with Crippen molar-refractivity contribution in [1.82, 2.24) is 4.90 Å². The summed E-state index contributed by atoms with van der Waals surface area (Å²) in [5, 5.41) is 9.22. The monoisotopic (exact) mass is 199 g/mol. The van der Waals surface area contributed by atoms with Crippen LogP contribution in [0, 0.1) is 5.92 Å². The molecule has 0 aromatic carbocycles. The molecule has 3 nitrogen and oxygen atoms in total. The van der Waals surface area contributed by atoms with Crippen LogP contribution in [0.4, 0.5) is 0 Å². The van der Waals surface area contributed by atoms with Crippen LogP contribution in [0.25, 0.3) is 0 Å². The highest BCUT2D eigenvalue weighted by molar-refractivity contribution is 5.74. The quantitative estimate of drug-likeness (QED) is 0.736. The molecule has 0 bridgehead atoms. The molecular formula is C11H21NO2. The first-order chi connectivity index (χ1) is 6.70. The van der Waals surface area contributed by atoms with Gasteiger partial charge in [-0.2, -0.15) is 0 Å². The highest BCUT2D eigenvalue weighted by Crippen LogP contribution is 2.22. The Morgan fingerprint density at radius 2 is 1.79 bits per heavy atom. The van der Waals surface area contributed by atoms with Gasteiger partial charge in [-0.15, -0.1) is 0 Å². The van der Waals surface area contributed by atoms with Gasteiger partial charge in [0, 0.05) is 0 Å². The fourth-order valence-corrected chi connectivity index (χ4v) is 2.41. The number of nitrogens with zero attached hydrogens (tertiary/aromatic N) is 1. The molecule has 0 aromatic rings. The van der Waals surface area contributed by atoms with Crippen molar-refractivity contribution in [1.29, 1.82) is 0 Å². The first kappa shape index (κ1) is 11.5. The highest BCUT2D eigenvalue weighted by atomic mass is 16.4. The molecule has 0 saturated carbocycles. The molecule has 0 aliphatic carbocycles. The minimum atomic E-state index is -0.638. The average Bonchev–Trinajstić information content (AvgIpc) is 2.65. The molecule has 14 heavy (non-hydrogen) atoms. The molecule has 82 valence electrons. The van der Waals surface area contributed by atoms with Crippen LogP contribution in [0.1, 0.15) is 39.5 Å². The summed E-state index contributed by atoms with van der Waals surface area (Å²) in [6.07, 6.45) is 4.24. The number of likely N-dealkylation sites (tertiary alicyclic amines) is 1. The van der Waals surface area contributed by atoms with Gasteiger partial charge in [0.05, 0.1) is 0 Å². The predicted molar refractivity (Wildman–Crippen MR) is 56.3 cm³/mol. The van der Waals surface area contributed by atoms with E-state index in [-0.39, 0.29) is 6.04 Å². The SMILES string of the molecule is CCC(CC)C(C(=O)O)N1CCCC1. The van der Waals surface area contributed by atoms with Gasteiger partial charge < -0.3 is 5.11 Å². The summed E-state index contributed by atoms with van der Waals surface area (Å²) in [5.41, 5.74) is 0. The Labute approximate surface area is 86.1 Å². The maximum atomic E-state index is 11.2. The van der Waals surface area contributed by atoms with Crippen LogP contribution in [0.15, 0.2) is 0 Å². The Balaban J connectivity index is 2.66. The van der Waals surface area contributed by atoms with Gasteiger partial charge >= 0.3 is 5.97 Å². The standard InChI is InChI=1S/C11H21NO2/c1-3-9(4-2)10(11(13)14)12-7-5-6-8-12/h9-10H,3-8H2,1-2H3,(H,13,14). The van der Waals surface area contributed by atoms with E-state index in [0.717, 1.165) is 38.8 Å². The number of carboxylic acid groups (broad SMARTS) is 1. The van der Waals surface area contributed by atoms with Gasteiger partial charge in [-0.25, -0.2) is 0 Å². The second-order valence-electron chi connectivity index (χ2n) is 4.10. The smallest absolute Gasteiger partial charge is 0.321 e. The van der Waals surface area contributed by atoms with E-state index < -0.39 is 5.97 Å². The third kappa shape index (κ3) is 2.47. The van der Waals surface area contributed by atoms with Crippen LogP contribution in [-0.4, -0.2) is 35.1 Å². The zero-order chi connectivity index (χ0) is 10.6. The van der Waals surface area contributed by atoms with Crippen LogP contribution >= 0.6 is 0 Å². The van der Waals surface area contributed by atoms with Crippen molar-refractivity contribution in [3.05, 3.63) is 0 Å². The lowest BCUT2D eigenvalue weighted by atomic mass is 9.93. The van der Waals surface area contributed by atoms with Crippen LogP contribution in [0.5, 0.6) is 0 Å². The van der Waals surface area contributed by atoms with Gasteiger partial charge in [-0.3, -0.25) is 9.69 Å². The molecule has 1 N–H and O–H groups in total. The molecule has 1 atom stereocenters. The van der Waals surface area contributed by atoms with Crippen molar-refractivity contribution in [3.63, 3.8) is 0 Å². The van der Waals surface area contributed by atoms with Crippen LogP contribution in [-0.2, 0) is 4.79 Å². The normalized spacial score (nSPS) is 20.2. The molecule has 0 amide bonds. The second-order valence-corrected chi connectivity index (χ2v) is 4.10. The van der Waals surface area contributed by atoms with Crippen molar-refractivity contribution >= 4 is 5.97 Å². The summed E-state index contributed by atoms with van der Waals surface area (Å²) in [6, 6.07) is -0.243. The third-order valence-corrected chi connectivity index (χ3v) is 3.28. The minimum absolute atomic E-state index is 0.243. The molecule has 1 aliphatic heterocycles. The maximum absolute atomic E-state index is 11.2. The van der Waals surface area contributed by atoms with Gasteiger partial charge in [0.25, 0.3) is 0 Å². The number of carboxylic acids is 1. The number of aliphatic carboxylic acids is 1. The molecule has 1 aliphatic rings. The molecular weight excluding hydrogens is 178 g/mol. The van der Waals surface area contributed by atoms with E-state index in [1.165, 1.54) is 0 Å². The summed E-state index contributed by atoms with van der Waals surface area (Å²) in [6.45, 7) is 6.10. The summed E-state index contributed by atoms with van der Waals surface area (Å²) in [5.74, 6) is -0.328. The van der Waals surface area contributed by atoms with E-state index in [0.29, 0.717) is 5.92 Å². The zero-order valence-electron chi connectivity index (χ0n) is 9.20. The maximum Gasteiger partial charge on any atom is 0.321 e. The molecule has 0 radical (unpaired) electrons. The summed E-state index contributed by atoms with van der Waals surface area (Å²) in [4.78, 5) is 13.3. The summed E-state index contributed by atoms with van der Waals surface area (Å²) in [7, 11) is 0. The van der Waals surface area contributed by atoms with Gasteiger partial charge in [0.2, 0.25) is 0 Å². The Kier molecular flexibility index (Phi) is 4.39. The molecule has 0 spiro atoms. The minimum Gasteiger partial charge on any atom is -0.480 e. The third-order valence-electron chi connectivity index (χ3n) is 3.28. The van der Waals surface area contributed by atoms with Gasteiger partial charge in [0.15, 0.2) is 0 Å². The molecule has 1 unspecified atom stereocenters. The zero-order valence-corrected chi connectivity index (χ0v) is 9.20. The molecule has 0 aromatic heterocycles. The van der Waals surface area contributed by atoms with Crippen LogP contribution < -0.4 is 0 Å². The Bertz CT molecular complexity index is 182. The van der Waals surface area contributed by atoms with Gasteiger partial charge in [0.1, 0.15) is 6.04 Å². The van der Waals surface area contributed by atoms with E-state index >= 15 is 0 Å². The lowest BCUT2D eigenvalue weighted by molar-refractivity contribution is -0.145. The molecule has 1 fully saturated rings. The highest BCUT2D eigenvalue weighted by Gasteiger charge is 2.32. The van der Waals surface area contributed by atoms with Crippen LogP contribution in [0.3, 0.4) is 0 Å². The average molecular weight is 199 g/mol. The van der Waals surface area contributed by atoms with E-state index in [2.05, 4.69) is 18.7 Å². The fraction of sp³-hybridized carbons (Fsp3) is 0.909. The molecule has 1 heterocycles. The fourth-order valence-electron chi connectivity index (χ4n) is 2.41. The lowest BCUT2D eigenvalue weighted by Gasteiger charge is -2.29. The first-order valence-corrected chi connectivity index (χ1v) is 5.67. The van der Waals surface area contributed by atoms with E-state index in [4.69, 9.17) is 0 Å². The summed E-state index contributed by atoms with van der Waals surface area (Å²) >= 11 is 0. The van der Waals surface area contributed by atoms with Crippen molar-refractivity contribution in [3.8, 4) is 0 Å². The molecule has 1 rings (SSSR count). The lowest BCUT2D eigenvalue weighted by Crippen LogP contribution is -2.44. The molecule has 1 saturated heterocycles. The number of hydrogen-bond acceptors (Lipinski definition) is 2.